The molecule has 84 valence electrons. The zero-order chi connectivity index (χ0) is 10.9. The Morgan fingerprint density at radius 3 is 2.67 bits per heavy atom. The molecule has 0 bridgehead atoms. The van der Waals surface area contributed by atoms with E-state index in [0.29, 0.717) is 0 Å². The third-order valence-corrected chi connectivity index (χ3v) is 3.67. The van der Waals surface area contributed by atoms with Crippen molar-refractivity contribution in [2.24, 2.45) is 18.3 Å². The molecule has 1 aliphatic rings. The smallest absolute Gasteiger partial charge is 0.0544 e. The summed E-state index contributed by atoms with van der Waals surface area (Å²) in [5, 5.41) is 4.21. The maximum Gasteiger partial charge on any atom is 0.0544 e. The lowest BCUT2D eigenvalue weighted by atomic mass is 9.78. The highest BCUT2D eigenvalue weighted by Gasteiger charge is 2.37. The van der Waals surface area contributed by atoms with Crippen LogP contribution in [0.5, 0.6) is 0 Å². The van der Waals surface area contributed by atoms with Crippen LogP contribution < -0.4 is 11.3 Å². The van der Waals surface area contributed by atoms with E-state index in [-0.39, 0.29) is 11.5 Å². The second kappa shape index (κ2) is 3.94. The van der Waals surface area contributed by atoms with Gasteiger partial charge < -0.3 is 0 Å². The molecule has 0 aromatic carbocycles. The van der Waals surface area contributed by atoms with E-state index in [2.05, 4.69) is 17.4 Å². The molecule has 4 nitrogen and oxygen atoms in total. The summed E-state index contributed by atoms with van der Waals surface area (Å²) in [5.74, 6) is 5.69. The van der Waals surface area contributed by atoms with Gasteiger partial charge in [-0.1, -0.05) is 19.8 Å². The van der Waals surface area contributed by atoms with Gasteiger partial charge in [-0.15, -0.1) is 0 Å². The van der Waals surface area contributed by atoms with Crippen molar-refractivity contribution in [3.8, 4) is 0 Å². The second-order valence-electron chi connectivity index (χ2n) is 4.91. The molecule has 1 saturated carbocycles. The average Bonchev–Trinajstić information content (AvgIpc) is 2.78. The van der Waals surface area contributed by atoms with Crippen LogP contribution in [0.2, 0.25) is 0 Å². The van der Waals surface area contributed by atoms with Gasteiger partial charge in [-0.05, 0) is 18.3 Å². The standard InChI is InChI=1S/C11H20N4/c1-11(5-3-4-6-11)10(14-12)9-7-13-15(2)8-9/h7-8,10,14H,3-6,12H2,1-2H3. The first-order valence-electron chi connectivity index (χ1n) is 5.60. The van der Waals surface area contributed by atoms with Gasteiger partial charge in [0, 0.05) is 18.8 Å². The largest absolute Gasteiger partial charge is 0.275 e. The fourth-order valence-electron chi connectivity index (χ4n) is 2.76. The zero-order valence-electron chi connectivity index (χ0n) is 9.53. The van der Waals surface area contributed by atoms with Gasteiger partial charge in [-0.25, -0.2) is 0 Å². The van der Waals surface area contributed by atoms with Gasteiger partial charge >= 0.3 is 0 Å². The number of nitrogens with zero attached hydrogens (tertiary/aromatic N) is 2. The lowest BCUT2D eigenvalue weighted by Crippen LogP contribution is -2.38. The summed E-state index contributed by atoms with van der Waals surface area (Å²) >= 11 is 0. The molecule has 2 rings (SSSR count). The predicted octanol–water partition coefficient (Wildman–Crippen LogP) is 1.50. The van der Waals surface area contributed by atoms with Crippen molar-refractivity contribution in [2.75, 3.05) is 0 Å². The van der Waals surface area contributed by atoms with Crippen LogP contribution in [0.25, 0.3) is 0 Å². The molecule has 15 heavy (non-hydrogen) atoms. The van der Waals surface area contributed by atoms with E-state index in [1.807, 2.05) is 24.1 Å². The number of rotatable bonds is 3. The average molecular weight is 208 g/mol. The van der Waals surface area contributed by atoms with Crippen LogP contribution in [0.1, 0.15) is 44.2 Å². The zero-order valence-corrected chi connectivity index (χ0v) is 9.53. The van der Waals surface area contributed by atoms with Crippen LogP contribution in [0.4, 0.5) is 0 Å². The van der Waals surface area contributed by atoms with Crippen LogP contribution >= 0.6 is 0 Å². The first-order chi connectivity index (χ1) is 7.15. The van der Waals surface area contributed by atoms with Crippen molar-refractivity contribution >= 4 is 0 Å². The quantitative estimate of drug-likeness (QED) is 0.584. The maximum absolute atomic E-state index is 5.69. The molecule has 1 aliphatic carbocycles. The van der Waals surface area contributed by atoms with Crippen LogP contribution in [-0.4, -0.2) is 9.78 Å². The number of hydrazine groups is 1. The number of hydrogen-bond acceptors (Lipinski definition) is 3. The van der Waals surface area contributed by atoms with E-state index in [4.69, 9.17) is 5.84 Å². The number of aromatic nitrogens is 2. The van der Waals surface area contributed by atoms with Crippen LogP contribution in [-0.2, 0) is 7.05 Å². The van der Waals surface area contributed by atoms with Gasteiger partial charge in [0.1, 0.15) is 0 Å². The first kappa shape index (κ1) is 10.6. The summed E-state index contributed by atoms with van der Waals surface area (Å²) in [6.07, 6.45) is 9.08. The molecule has 1 aromatic heterocycles. The third-order valence-electron chi connectivity index (χ3n) is 3.67. The molecule has 1 fully saturated rings. The number of nitrogens with two attached hydrogens (primary N) is 1. The summed E-state index contributed by atoms with van der Waals surface area (Å²) in [6.45, 7) is 2.32. The number of nitrogens with one attached hydrogen (secondary N) is 1. The normalized spacial score (nSPS) is 21.8. The molecule has 0 spiro atoms. The summed E-state index contributed by atoms with van der Waals surface area (Å²) in [4.78, 5) is 0. The lowest BCUT2D eigenvalue weighted by Gasteiger charge is -2.32. The second-order valence-corrected chi connectivity index (χ2v) is 4.91. The summed E-state index contributed by atoms with van der Waals surface area (Å²) < 4.78 is 1.83. The monoisotopic (exact) mass is 208 g/mol. The fourth-order valence-corrected chi connectivity index (χ4v) is 2.76. The molecule has 1 aromatic rings. The van der Waals surface area contributed by atoms with E-state index in [1.54, 1.807) is 0 Å². The van der Waals surface area contributed by atoms with Crippen molar-refractivity contribution in [1.82, 2.24) is 15.2 Å². The highest BCUT2D eigenvalue weighted by Crippen LogP contribution is 2.46. The highest BCUT2D eigenvalue weighted by atomic mass is 15.3. The van der Waals surface area contributed by atoms with Crippen molar-refractivity contribution in [1.29, 1.82) is 0 Å². The van der Waals surface area contributed by atoms with Crippen molar-refractivity contribution in [3.05, 3.63) is 18.0 Å². The van der Waals surface area contributed by atoms with E-state index in [1.165, 1.54) is 31.2 Å². The van der Waals surface area contributed by atoms with E-state index >= 15 is 0 Å². The Bertz CT molecular complexity index is 325. The van der Waals surface area contributed by atoms with Crippen LogP contribution in [0.15, 0.2) is 12.4 Å². The van der Waals surface area contributed by atoms with Crippen molar-refractivity contribution in [3.63, 3.8) is 0 Å². The highest BCUT2D eigenvalue weighted by molar-refractivity contribution is 5.14. The van der Waals surface area contributed by atoms with Crippen LogP contribution in [0.3, 0.4) is 0 Å². The summed E-state index contributed by atoms with van der Waals surface area (Å²) in [5.41, 5.74) is 4.45. The molecular formula is C11H20N4. The van der Waals surface area contributed by atoms with Crippen molar-refractivity contribution < 1.29 is 0 Å². The van der Waals surface area contributed by atoms with Gasteiger partial charge in [-0.2, -0.15) is 5.10 Å². The minimum Gasteiger partial charge on any atom is -0.275 e. The van der Waals surface area contributed by atoms with Gasteiger partial charge in [-0.3, -0.25) is 16.0 Å². The molecule has 1 atom stereocenters. The molecule has 0 aliphatic heterocycles. The minimum atomic E-state index is 0.230. The number of hydrogen-bond donors (Lipinski definition) is 2. The van der Waals surface area contributed by atoms with E-state index < -0.39 is 0 Å². The third kappa shape index (κ3) is 1.92. The van der Waals surface area contributed by atoms with Gasteiger partial charge in [0.05, 0.1) is 12.2 Å². The van der Waals surface area contributed by atoms with Crippen molar-refractivity contribution in [2.45, 2.75) is 38.6 Å². The van der Waals surface area contributed by atoms with E-state index in [9.17, 15) is 0 Å². The SMILES string of the molecule is Cn1cc(C(NN)C2(C)CCCC2)cn1. The Hall–Kier alpha value is -0.870. The van der Waals surface area contributed by atoms with Gasteiger partial charge in [0.15, 0.2) is 0 Å². The Balaban J connectivity index is 2.23. The van der Waals surface area contributed by atoms with Gasteiger partial charge in [0.2, 0.25) is 0 Å². The lowest BCUT2D eigenvalue weighted by molar-refractivity contribution is 0.225. The molecule has 0 radical (unpaired) electrons. The predicted molar refractivity (Wildman–Crippen MR) is 59.8 cm³/mol. The first-order valence-corrected chi connectivity index (χ1v) is 5.60. The maximum atomic E-state index is 5.69. The topological polar surface area (TPSA) is 55.9 Å². The number of aryl methyl sites for hydroxylation is 1. The fraction of sp³-hybridized carbons (Fsp3) is 0.727. The molecule has 1 heterocycles. The Labute approximate surface area is 90.8 Å². The molecule has 0 amide bonds. The Kier molecular flexibility index (Phi) is 2.80. The van der Waals surface area contributed by atoms with Gasteiger partial charge in [0.25, 0.3) is 0 Å². The molecule has 3 N–H and O–H groups in total. The van der Waals surface area contributed by atoms with Crippen LogP contribution in [0, 0.1) is 5.41 Å². The molecular weight excluding hydrogens is 188 g/mol. The molecule has 0 saturated heterocycles. The Morgan fingerprint density at radius 2 is 2.20 bits per heavy atom. The Morgan fingerprint density at radius 1 is 1.53 bits per heavy atom. The summed E-state index contributed by atoms with van der Waals surface area (Å²) in [6, 6.07) is 0.230. The van der Waals surface area contributed by atoms with E-state index in [0.717, 1.165) is 0 Å². The molecule has 1 unspecified atom stereocenters. The summed E-state index contributed by atoms with van der Waals surface area (Å²) in [7, 11) is 1.94. The minimum absolute atomic E-state index is 0.230. The molecule has 4 heteroatoms.